The van der Waals surface area contributed by atoms with E-state index >= 15 is 0 Å². The molecule has 1 N–H and O–H groups in total. The van der Waals surface area contributed by atoms with Gasteiger partial charge >= 0.3 is 0 Å². The number of carbonyl (C=O) groups is 1. The van der Waals surface area contributed by atoms with Gasteiger partial charge in [-0.05, 0) is 63.7 Å². The monoisotopic (exact) mass is 407 g/mol. The Morgan fingerprint density at radius 3 is 3.00 bits per heavy atom. The zero-order chi connectivity index (χ0) is 20.1. The Bertz CT molecular complexity index is 804. The Morgan fingerprint density at radius 1 is 1.43 bits per heavy atom. The van der Waals surface area contributed by atoms with Crippen molar-refractivity contribution in [2.45, 2.75) is 39.5 Å². The third-order valence-electron chi connectivity index (χ3n) is 5.22. The van der Waals surface area contributed by atoms with Crippen molar-refractivity contribution in [1.29, 1.82) is 0 Å². The van der Waals surface area contributed by atoms with Gasteiger partial charge in [0.05, 0.1) is 10.6 Å². The van der Waals surface area contributed by atoms with Crippen LogP contribution in [-0.4, -0.2) is 42.1 Å². The average Bonchev–Trinajstić information content (AvgIpc) is 3.02. The first-order valence-electron chi connectivity index (χ1n) is 9.88. The van der Waals surface area contributed by atoms with Crippen molar-refractivity contribution < 1.29 is 13.7 Å². The molecule has 1 fully saturated rings. The van der Waals surface area contributed by atoms with Gasteiger partial charge in [-0.1, -0.05) is 29.7 Å². The highest BCUT2D eigenvalue weighted by Crippen LogP contribution is 2.33. The van der Waals surface area contributed by atoms with E-state index in [1.807, 2.05) is 0 Å². The van der Waals surface area contributed by atoms with Crippen LogP contribution in [-0.2, 0) is 0 Å². The molecule has 1 aromatic carbocycles. The number of aromatic nitrogens is 1. The summed E-state index contributed by atoms with van der Waals surface area (Å²) in [5.74, 6) is 0.257. The predicted octanol–water partition coefficient (Wildman–Crippen LogP) is 4.68. The van der Waals surface area contributed by atoms with E-state index in [9.17, 15) is 9.18 Å². The molecular formula is C21H27ClFN3O2. The highest BCUT2D eigenvalue weighted by atomic mass is 35.5. The molecule has 152 valence electrons. The molecule has 1 saturated heterocycles. The second kappa shape index (κ2) is 9.52. The summed E-state index contributed by atoms with van der Waals surface area (Å²) in [6, 6.07) is 4.36. The van der Waals surface area contributed by atoms with Gasteiger partial charge in [-0.15, -0.1) is 0 Å². The SMILES string of the molecule is Cc1onc(-c2c(F)cccc2Cl)c1C(=O)NCCCCN1CCCC(C)C1. The molecular weight excluding hydrogens is 381 g/mol. The molecule has 28 heavy (non-hydrogen) atoms. The van der Waals surface area contributed by atoms with E-state index < -0.39 is 5.82 Å². The van der Waals surface area contributed by atoms with Crippen LogP contribution in [0.25, 0.3) is 11.3 Å². The number of amides is 1. The van der Waals surface area contributed by atoms with Crippen molar-refractivity contribution in [2.24, 2.45) is 5.92 Å². The highest BCUT2D eigenvalue weighted by molar-refractivity contribution is 6.33. The van der Waals surface area contributed by atoms with E-state index in [1.54, 1.807) is 13.0 Å². The number of likely N-dealkylation sites (tertiary alicyclic amines) is 1. The van der Waals surface area contributed by atoms with Gasteiger partial charge in [0.1, 0.15) is 22.8 Å². The lowest BCUT2D eigenvalue weighted by Crippen LogP contribution is -2.35. The molecule has 5 nitrogen and oxygen atoms in total. The third kappa shape index (κ3) is 4.92. The van der Waals surface area contributed by atoms with Crippen molar-refractivity contribution in [2.75, 3.05) is 26.2 Å². The summed E-state index contributed by atoms with van der Waals surface area (Å²) in [4.78, 5) is 15.2. The summed E-state index contributed by atoms with van der Waals surface area (Å²) >= 11 is 6.12. The molecule has 2 heterocycles. The van der Waals surface area contributed by atoms with E-state index in [4.69, 9.17) is 16.1 Å². The fourth-order valence-electron chi connectivity index (χ4n) is 3.77. The van der Waals surface area contributed by atoms with E-state index in [0.717, 1.165) is 25.3 Å². The van der Waals surface area contributed by atoms with Gasteiger partial charge in [0.15, 0.2) is 0 Å². The minimum Gasteiger partial charge on any atom is -0.360 e. The maximum Gasteiger partial charge on any atom is 0.257 e. The van der Waals surface area contributed by atoms with Gasteiger partial charge in [0.2, 0.25) is 0 Å². The lowest BCUT2D eigenvalue weighted by Gasteiger charge is -2.30. The van der Waals surface area contributed by atoms with Crippen LogP contribution in [0.4, 0.5) is 4.39 Å². The van der Waals surface area contributed by atoms with Gasteiger partial charge in [0.25, 0.3) is 5.91 Å². The summed E-state index contributed by atoms with van der Waals surface area (Å²) in [7, 11) is 0. The maximum absolute atomic E-state index is 14.2. The third-order valence-corrected chi connectivity index (χ3v) is 5.53. The molecule has 0 radical (unpaired) electrons. The lowest BCUT2D eigenvalue weighted by molar-refractivity contribution is 0.0951. The zero-order valence-corrected chi connectivity index (χ0v) is 17.2. The number of nitrogens with one attached hydrogen (secondary N) is 1. The smallest absolute Gasteiger partial charge is 0.257 e. The number of hydrogen-bond donors (Lipinski definition) is 1. The quantitative estimate of drug-likeness (QED) is 0.677. The van der Waals surface area contributed by atoms with Crippen molar-refractivity contribution in [3.8, 4) is 11.3 Å². The van der Waals surface area contributed by atoms with Gasteiger partial charge in [-0.2, -0.15) is 0 Å². The van der Waals surface area contributed by atoms with Crippen molar-refractivity contribution in [1.82, 2.24) is 15.4 Å². The molecule has 0 spiro atoms. The summed E-state index contributed by atoms with van der Waals surface area (Å²) in [5.41, 5.74) is 0.461. The standard InChI is InChI=1S/C21H27ClFN3O2/c1-14-7-6-12-26(13-14)11-4-3-10-24-21(27)18-15(2)28-25-20(18)19-16(22)8-5-9-17(19)23/h5,8-9,14H,3-4,6-7,10-13H2,1-2H3,(H,24,27). The van der Waals surface area contributed by atoms with E-state index in [-0.39, 0.29) is 27.8 Å². The van der Waals surface area contributed by atoms with Crippen LogP contribution in [0, 0.1) is 18.7 Å². The van der Waals surface area contributed by atoms with Gasteiger partial charge in [0, 0.05) is 13.1 Å². The van der Waals surface area contributed by atoms with Crippen LogP contribution in [0.15, 0.2) is 22.7 Å². The Hall–Kier alpha value is -1.92. The lowest BCUT2D eigenvalue weighted by atomic mass is 10.0. The Kier molecular flexibility index (Phi) is 7.08. The first kappa shape index (κ1) is 20.8. The fourth-order valence-corrected chi connectivity index (χ4v) is 4.03. The molecule has 1 amide bonds. The van der Waals surface area contributed by atoms with Gasteiger partial charge < -0.3 is 14.7 Å². The number of unbranched alkanes of at least 4 members (excludes halogenated alkanes) is 1. The molecule has 0 saturated carbocycles. The van der Waals surface area contributed by atoms with E-state index in [1.165, 1.54) is 38.1 Å². The number of rotatable bonds is 7. The van der Waals surface area contributed by atoms with Crippen LogP contribution in [0.3, 0.4) is 0 Å². The summed E-state index contributed by atoms with van der Waals surface area (Å²) in [6.45, 7) is 7.88. The molecule has 1 aliphatic heterocycles. The second-order valence-electron chi connectivity index (χ2n) is 7.57. The molecule has 1 unspecified atom stereocenters. The average molecular weight is 408 g/mol. The summed E-state index contributed by atoms with van der Waals surface area (Å²) in [5, 5.41) is 6.97. The highest BCUT2D eigenvalue weighted by Gasteiger charge is 2.25. The van der Waals surface area contributed by atoms with Crippen LogP contribution in [0.1, 0.15) is 48.7 Å². The van der Waals surface area contributed by atoms with Crippen LogP contribution < -0.4 is 5.32 Å². The topological polar surface area (TPSA) is 58.4 Å². The molecule has 7 heteroatoms. The van der Waals surface area contributed by atoms with Gasteiger partial charge in [-0.25, -0.2) is 4.39 Å². The second-order valence-corrected chi connectivity index (χ2v) is 7.98. The van der Waals surface area contributed by atoms with Crippen molar-refractivity contribution in [3.05, 3.63) is 40.4 Å². The van der Waals surface area contributed by atoms with Crippen LogP contribution >= 0.6 is 11.6 Å². The number of benzene rings is 1. The maximum atomic E-state index is 14.2. The number of halogens is 2. The van der Waals surface area contributed by atoms with Crippen LogP contribution in [0.5, 0.6) is 0 Å². The molecule has 1 aliphatic rings. The molecule has 3 rings (SSSR count). The fraction of sp³-hybridized carbons (Fsp3) is 0.524. The Labute approximate surface area is 170 Å². The number of hydrogen-bond acceptors (Lipinski definition) is 4. The number of aryl methyl sites for hydroxylation is 1. The first-order chi connectivity index (χ1) is 13.5. The number of nitrogens with zero attached hydrogens (tertiary/aromatic N) is 2. The Morgan fingerprint density at radius 2 is 2.25 bits per heavy atom. The molecule has 2 aromatic rings. The largest absolute Gasteiger partial charge is 0.360 e. The molecule has 0 bridgehead atoms. The van der Waals surface area contributed by atoms with Crippen molar-refractivity contribution >= 4 is 17.5 Å². The van der Waals surface area contributed by atoms with E-state index in [0.29, 0.717) is 12.3 Å². The summed E-state index contributed by atoms with van der Waals surface area (Å²) in [6.07, 6.45) is 4.50. The molecule has 1 aromatic heterocycles. The Balaban J connectivity index is 1.56. The number of piperidine rings is 1. The van der Waals surface area contributed by atoms with Gasteiger partial charge in [-0.3, -0.25) is 4.79 Å². The van der Waals surface area contributed by atoms with Crippen LogP contribution in [0.2, 0.25) is 5.02 Å². The van der Waals surface area contributed by atoms with E-state index in [2.05, 4.69) is 22.3 Å². The number of carbonyl (C=O) groups excluding carboxylic acids is 1. The molecule has 1 atom stereocenters. The minimum absolute atomic E-state index is 0.0883. The normalized spacial score (nSPS) is 17.6. The predicted molar refractivity (Wildman–Crippen MR) is 108 cm³/mol. The zero-order valence-electron chi connectivity index (χ0n) is 16.4. The first-order valence-corrected chi connectivity index (χ1v) is 10.3. The van der Waals surface area contributed by atoms with Crippen molar-refractivity contribution in [3.63, 3.8) is 0 Å². The summed E-state index contributed by atoms with van der Waals surface area (Å²) < 4.78 is 19.4. The molecule has 0 aliphatic carbocycles. The minimum atomic E-state index is -0.536.